The summed E-state index contributed by atoms with van der Waals surface area (Å²) >= 11 is 11.9. The molecule has 1 aromatic carbocycles. The molecule has 0 saturated heterocycles. The minimum Gasteiger partial charge on any atom is -0.493 e. The third-order valence-electron chi connectivity index (χ3n) is 4.77. The van der Waals surface area contributed by atoms with Crippen LogP contribution >= 0.6 is 23.2 Å². The average Bonchev–Trinajstić information content (AvgIpc) is 3.46. The number of carboxylic acid groups (broad SMARTS) is 1. The van der Waals surface area contributed by atoms with E-state index < -0.39 is 5.97 Å². The largest absolute Gasteiger partial charge is 0.493 e. The lowest BCUT2D eigenvalue weighted by Crippen LogP contribution is -2.21. The number of hydrogen-bond acceptors (Lipinski definition) is 4. The lowest BCUT2D eigenvalue weighted by Gasteiger charge is -2.17. The molecular formula is C22H21Cl2NO4. The number of pyridine rings is 1. The number of ether oxygens (including phenoxy) is 2. The minimum absolute atomic E-state index is 0.0250. The highest BCUT2D eigenvalue weighted by Gasteiger charge is 2.44. The first-order valence-electron chi connectivity index (χ1n) is 9.21. The molecule has 0 amide bonds. The zero-order chi connectivity index (χ0) is 20.9. The van der Waals surface area contributed by atoms with Crippen molar-refractivity contribution in [3.8, 4) is 23.5 Å². The van der Waals surface area contributed by atoms with Crippen LogP contribution in [0, 0.1) is 17.3 Å². The number of carbonyl (C=O) groups is 1. The summed E-state index contributed by atoms with van der Waals surface area (Å²) in [5, 5.41) is 9.90. The molecule has 152 valence electrons. The summed E-state index contributed by atoms with van der Waals surface area (Å²) in [6.07, 6.45) is 3.48. The Labute approximate surface area is 180 Å². The van der Waals surface area contributed by atoms with Gasteiger partial charge >= 0.3 is 5.97 Å². The normalized spacial score (nSPS) is 15.0. The topological polar surface area (TPSA) is 68.7 Å². The average molecular weight is 434 g/mol. The second kappa shape index (κ2) is 9.39. The van der Waals surface area contributed by atoms with Gasteiger partial charge in [-0.1, -0.05) is 41.3 Å². The lowest BCUT2D eigenvalue weighted by molar-refractivity contribution is -0.137. The standard InChI is InChI=1S/C22H21Cl2NO4/c1-2-3-16(10-20(26)27)15-4-6-18(7-5-15)28-13-22(8-9-22)14-29-21-19(24)11-17(23)12-25-21/h4-7,11-12,16H,8-10,13-14H2,1H3,(H,26,27). The van der Waals surface area contributed by atoms with E-state index >= 15 is 0 Å². The molecule has 7 heteroatoms. The summed E-state index contributed by atoms with van der Waals surface area (Å²) in [4.78, 5) is 15.1. The number of halogens is 2. The third-order valence-corrected chi connectivity index (χ3v) is 5.25. The minimum atomic E-state index is -0.871. The predicted molar refractivity (Wildman–Crippen MR) is 112 cm³/mol. The van der Waals surface area contributed by atoms with Crippen LogP contribution in [0.4, 0.5) is 0 Å². The van der Waals surface area contributed by atoms with Gasteiger partial charge in [-0.15, -0.1) is 5.92 Å². The zero-order valence-corrected chi connectivity index (χ0v) is 17.5. The molecule has 1 aliphatic rings. The summed E-state index contributed by atoms with van der Waals surface area (Å²) in [6, 6.07) is 9.01. The quantitative estimate of drug-likeness (QED) is 0.549. The van der Waals surface area contributed by atoms with Crippen molar-refractivity contribution in [1.82, 2.24) is 4.98 Å². The molecule has 1 fully saturated rings. The Morgan fingerprint density at radius 3 is 2.52 bits per heavy atom. The smallest absolute Gasteiger partial charge is 0.304 e. The van der Waals surface area contributed by atoms with Crippen LogP contribution in [-0.4, -0.2) is 29.3 Å². The molecule has 1 atom stereocenters. The fourth-order valence-corrected chi connectivity index (χ4v) is 3.31. The predicted octanol–water partition coefficient (Wildman–Crippen LogP) is 5.21. The van der Waals surface area contributed by atoms with E-state index in [1.807, 2.05) is 24.3 Å². The highest BCUT2D eigenvalue weighted by atomic mass is 35.5. The number of aromatic nitrogens is 1. The van der Waals surface area contributed by atoms with Gasteiger partial charge in [0.1, 0.15) is 10.8 Å². The molecule has 1 aromatic heterocycles. The second-order valence-electron chi connectivity index (χ2n) is 7.13. The van der Waals surface area contributed by atoms with E-state index in [9.17, 15) is 4.79 Å². The molecule has 5 nitrogen and oxygen atoms in total. The summed E-state index contributed by atoms with van der Waals surface area (Å²) < 4.78 is 11.7. The van der Waals surface area contributed by atoms with E-state index in [4.69, 9.17) is 37.8 Å². The van der Waals surface area contributed by atoms with Gasteiger partial charge in [-0.25, -0.2) is 4.98 Å². The Hall–Kier alpha value is -2.42. The number of rotatable bonds is 9. The third kappa shape index (κ3) is 6.03. The van der Waals surface area contributed by atoms with E-state index in [-0.39, 0.29) is 17.8 Å². The fraction of sp³-hybridized carbons (Fsp3) is 0.364. The van der Waals surface area contributed by atoms with Crippen molar-refractivity contribution in [2.45, 2.75) is 32.1 Å². The molecule has 1 aliphatic carbocycles. The number of hydrogen-bond donors (Lipinski definition) is 1. The van der Waals surface area contributed by atoms with Gasteiger partial charge in [0.2, 0.25) is 5.88 Å². The molecule has 0 radical (unpaired) electrons. The SMILES string of the molecule is CC#CC(CC(=O)O)c1ccc(OCC2(COc3ncc(Cl)cc3Cl)CC2)cc1. The van der Waals surface area contributed by atoms with Crippen LogP contribution in [0.5, 0.6) is 11.6 Å². The highest BCUT2D eigenvalue weighted by Crippen LogP contribution is 2.46. The number of carboxylic acids is 1. The molecule has 0 bridgehead atoms. The lowest BCUT2D eigenvalue weighted by atomic mass is 9.96. The Bertz CT molecular complexity index is 930. The van der Waals surface area contributed by atoms with Gasteiger partial charge in [-0.3, -0.25) is 4.79 Å². The summed E-state index contributed by atoms with van der Waals surface area (Å²) in [5.74, 6) is 5.63. The molecule has 1 unspecified atom stereocenters. The van der Waals surface area contributed by atoms with E-state index in [0.29, 0.717) is 29.1 Å². The first kappa shape index (κ1) is 21.3. The van der Waals surface area contributed by atoms with Crippen LogP contribution in [0.1, 0.15) is 37.7 Å². The number of aliphatic carboxylic acids is 1. The zero-order valence-electron chi connectivity index (χ0n) is 16.0. The molecule has 0 aliphatic heterocycles. The van der Waals surface area contributed by atoms with Crippen molar-refractivity contribution in [2.24, 2.45) is 5.41 Å². The Balaban J connectivity index is 1.55. The van der Waals surface area contributed by atoms with Gasteiger partial charge < -0.3 is 14.6 Å². The van der Waals surface area contributed by atoms with Crippen molar-refractivity contribution < 1.29 is 19.4 Å². The summed E-state index contributed by atoms with van der Waals surface area (Å²) in [7, 11) is 0. The van der Waals surface area contributed by atoms with E-state index in [1.54, 1.807) is 13.0 Å². The summed E-state index contributed by atoms with van der Waals surface area (Å²) in [6.45, 7) is 2.69. The van der Waals surface area contributed by atoms with Crippen LogP contribution in [0.3, 0.4) is 0 Å². The van der Waals surface area contributed by atoms with Crippen molar-refractivity contribution in [1.29, 1.82) is 0 Å². The molecule has 2 aromatic rings. The molecule has 3 rings (SSSR count). The molecule has 1 saturated carbocycles. The van der Waals surface area contributed by atoms with E-state index in [1.165, 1.54) is 6.20 Å². The van der Waals surface area contributed by atoms with Crippen molar-refractivity contribution in [3.05, 3.63) is 52.1 Å². The van der Waals surface area contributed by atoms with E-state index in [2.05, 4.69) is 16.8 Å². The van der Waals surface area contributed by atoms with Crippen LogP contribution in [-0.2, 0) is 4.79 Å². The van der Waals surface area contributed by atoms with Crippen LogP contribution in [0.25, 0.3) is 0 Å². The van der Waals surface area contributed by atoms with E-state index in [0.717, 1.165) is 24.2 Å². The van der Waals surface area contributed by atoms with Crippen LogP contribution in [0.15, 0.2) is 36.5 Å². The molecule has 1 heterocycles. The van der Waals surface area contributed by atoms with Crippen LogP contribution < -0.4 is 9.47 Å². The van der Waals surface area contributed by atoms with Gasteiger partial charge in [0, 0.05) is 11.6 Å². The maximum atomic E-state index is 11.0. The van der Waals surface area contributed by atoms with Gasteiger partial charge in [0.15, 0.2) is 0 Å². The maximum absolute atomic E-state index is 11.0. The Kier molecular flexibility index (Phi) is 6.89. The Morgan fingerprint density at radius 1 is 1.24 bits per heavy atom. The van der Waals surface area contributed by atoms with Crippen LogP contribution in [0.2, 0.25) is 10.0 Å². The van der Waals surface area contributed by atoms with Crippen molar-refractivity contribution >= 4 is 29.2 Å². The molecule has 0 spiro atoms. The molecule has 29 heavy (non-hydrogen) atoms. The number of benzene rings is 1. The Morgan fingerprint density at radius 2 is 1.93 bits per heavy atom. The molecular weight excluding hydrogens is 413 g/mol. The molecule has 1 N–H and O–H groups in total. The second-order valence-corrected chi connectivity index (χ2v) is 7.98. The van der Waals surface area contributed by atoms with Gasteiger partial charge in [-0.2, -0.15) is 0 Å². The first-order chi connectivity index (χ1) is 13.9. The number of nitrogens with zero attached hydrogens (tertiary/aromatic N) is 1. The maximum Gasteiger partial charge on any atom is 0.304 e. The van der Waals surface area contributed by atoms with Gasteiger partial charge in [-0.05, 0) is 43.5 Å². The van der Waals surface area contributed by atoms with Crippen molar-refractivity contribution in [3.63, 3.8) is 0 Å². The fourth-order valence-electron chi connectivity index (χ4n) is 2.87. The van der Waals surface area contributed by atoms with Gasteiger partial charge in [0.25, 0.3) is 0 Å². The highest BCUT2D eigenvalue weighted by molar-refractivity contribution is 6.35. The monoisotopic (exact) mass is 433 g/mol. The van der Waals surface area contributed by atoms with Crippen molar-refractivity contribution in [2.75, 3.05) is 13.2 Å². The van der Waals surface area contributed by atoms with Gasteiger partial charge in [0.05, 0.1) is 30.6 Å². The summed E-state index contributed by atoms with van der Waals surface area (Å²) in [5.41, 5.74) is 0.810. The first-order valence-corrected chi connectivity index (χ1v) is 9.97.